The maximum Gasteiger partial charge on any atom is 0.255 e. The van der Waals surface area contributed by atoms with Gasteiger partial charge in [0.1, 0.15) is 0 Å². The molecule has 0 unspecified atom stereocenters. The van der Waals surface area contributed by atoms with Crippen molar-refractivity contribution in [1.82, 2.24) is 0 Å². The Kier molecular flexibility index (Phi) is 3.94. The van der Waals surface area contributed by atoms with Crippen molar-refractivity contribution >= 4 is 23.0 Å². The number of carbonyl (C=O) groups excluding carboxylic acids is 1. The van der Waals surface area contributed by atoms with E-state index in [1.807, 2.05) is 18.2 Å². The van der Waals surface area contributed by atoms with Gasteiger partial charge in [0.2, 0.25) is 0 Å². The molecule has 0 aromatic heterocycles. The molecule has 0 aliphatic carbocycles. The number of nitrogens with one attached hydrogen (secondary N) is 1. The fourth-order valence-electron chi connectivity index (χ4n) is 1.88. The number of nitrogen functional groups attached to an aromatic ring is 2. The van der Waals surface area contributed by atoms with Crippen LogP contribution in [0.5, 0.6) is 0 Å². The summed E-state index contributed by atoms with van der Waals surface area (Å²) in [4.78, 5) is 12.1. The Morgan fingerprint density at radius 1 is 1.05 bits per heavy atom. The molecule has 4 heteroatoms. The molecule has 4 nitrogen and oxygen atoms in total. The van der Waals surface area contributed by atoms with Gasteiger partial charge in [-0.3, -0.25) is 4.79 Å². The summed E-state index contributed by atoms with van der Waals surface area (Å²) < 4.78 is 0. The third kappa shape index (κ3) is 3.09. The van der Waals surface area contributed by atoms with E-state index in [-0.39, 0.29) is 5.91 Å². The minimum absolute atomic E-state index is 0.200. The van der Waals surface area contributed by atoms with Crippen LogP contribution in [-0.4, -0.2) is 5.91 Å². The molecule has 0 atom stereocenters. The summed E-state index contributed by atoms with van der Waals surface area (Å²) in [7, 11) is 0. The van der Waals surface area contributed by atoms with Crippen molar-refractivity contribution in [3.05, 3.63) is 53.6 Å². The lowest BCUT2D eigenvalue weighted by molar-refractivity contribution is 0.102. The van der Waals surface area contributed by atoms with E-state index in [0.29, 0.717) is 28.5 Å². The zero-order valence-electron chi connectivity index (χ0n) is 11.7. The lowest BCUT2D eigenvalue weighted by Crippen LogP contribution is -2.13. The van der Waals surface area contributed by atoms with Gasteiger partial charge in [0.05, 0.1) is 11.4 Å². The van der Waals surface area contributed by atoms with Gasteiger partial charge in [0.15, 0.2) is 0 Å². The molecule has 0 heterocycles. The van der Waals surface area contributed by atoms with E-state index in [9.17, 15) is 4.79 Å². The molecule has 5 N–H and O–H groups in total. The van der Waals surface area contributed by atoms with Crippen LogP contribution in [0, 0.1) is 0 Å². The molecule has 2 aromatic carbocycles. The van der Waals surface area contributed by atoms with Crippen molar-refractivity contribution in [3.8, 4) is 0 Å². The summed E-state index contributed by atoms with van der Waals surface area (Å²) in [5, 5.41) is 2.81. The number of benzene rings is 2. The van der Waals surface area contributed by atoms with E-state index in [0.717, 1.165) is 5.56 Å². The molecule has 0 saturated carbocycles. The highest BCUT2D eigenvalue weighted by molar-refractivity contribution is 6.05. The first kappa shape index (κ1) is 13.9. The largest absolute Gasteiger partial charge is 0.399 e. The van der Waals surface area contributed by atoms with Gasteiger partial charge in [0.25, 0.3) is 5.91 Å². The predicted molar refractivity (Wildman–Crippen MR) is 83.8 cm³/mol. The first-order valence-electron chi connectivity index (χ1n) is 6.53. The summed E-state index contributed by atoms with van der Waals surface area (Å²) in [6.07, 6.45) is 0. The maximum absolute atomic E-state index is 12.1. The molecule has 2 aromatic rings. The smallest absolute Gasteiger partial charge is 0.255 e. The van der Waals surface area contributed by atoms with E-state index in [1.165, 1.54) is 0 Å². The maximum atomic E-state index is 12.1. The molecule has 1 amide bonds. The minimum atomic E-state index is -0.200. The van der Waals surface area contributed by atoms with E-state index in [4.69, 9.17) is 11.5 Å². The molecule has 2 rings (SSSR count). The van der Waals surface area contributed by atoms with Crippen molar-refractivity contribution in [2.75, 3.05) is 16.8 Å². The summed E-state index contributed by atoms with van der Waals surface area (Å²) in [6, 6.07) is 12.5. The lowest BCUT2D eigenvalue weighted by Gasteiger charge is -2.12. The number of hydrogen-bond acceptors (Lipinski definition) is 3. The van der Waals surface area contributed by atoms with Gasteiger partial charge in [-0.25, -0.2) is 0 Å². The van der Waals surface area contributed by atoms with Crippen LogP contribution in [0.25, 0.3) is 0 Å². The molecule has 0 aliphatic heterocycles. The van der Waals surface area contributed by atoms with Gasteiger partial charge >= 0.3 is 0 Å². The first-order chi connectivity index (χ1) is 9.47. The van der Waals surface area contributed by atoms with Gasteiger partial charge in [-0.05, 0) is 47.9 Å². The molecular formula is C16H19N3O. The van der Waals surface area contributed by atoms with Gasteiger partial charge in [0, 0.05) is 11.3 Å². The number of carbonyl (C=O) groups is 1. The Morgan fingerprint density at radius 3 is 2.25 bits per heavy atom. The number of rotatable bonds is 3. The first-order valence-corrected chi connectivity index (χ1v) is 6.53. The van der Waals surface area contributed by atoms with E-state index in [1.54, 1.807) is 24.3 Å². The molecule has 0 fully saturated rings. The Hall–Kier alpha value is -2.49. The quantitative estimate of drug-likeness (QED) is 0.748. The highest BCUT2D eigenvalue weighted by Gasteiger charge is 2.09. The molecular weight excluding hydrogens is 250 g/mol. The van der Waals surface area contributed by atoms with Crippen molar-refractivity contribution in [3.63, 3.8) is 0 Å². The third-order valence-electron chi connectivity index (χ3n) is 3.16. The molecule has 0 bridgehead atoms. The molecule has 0 aliphatic rings. The van der Waals surface area contributed by atoms with Crippen molar-refractivity contribution in [2.45, 2.75) is 19.8 Å². The van der Waals surface area contributed by atoms with Crippen LogP contribution in [-0.2, 0) is 0 Å². The molecule has 0 radical (unpaired) electrons. The topological polar surface area (TPSA) is 81.1 Å². The highest BCUT2D eigenvalue weighted by Crippen LogP contribution is 2.24. The molecule has 0 spiro atoms. The summed E-state index contributed by atoms with van der Waals surface area (Å²) >= 11 is 0. The van der Waals surface area contributed by atoms with Crippen LogP contribution in [0.1, 0.15) is 35.7 Å². The number of hydrogen-bond donors (Lipinski definition) is 3. The monoisotopic (exact) mass is 269 g/mol. The fourth-order valence-corrected chi connectivity index (χ4v) is 1.88. The minimum Gasteiger partial charge on any atom is -0.399 e. The fraction of sp³-hybridized carbons (Fsp3) is 0.188. The van der Waals surface area contributed by atoms with Crippen LogP contribution in [0.15, 0.2) is 42.5 Å². The standard InChI is InChI=1S/C16H19N3O/c1-10(2)12-5-8-15(14(18)9-12)19-16(20)11-3-6-13(17)7-4-11/h3-10H,17-18H2,1-2H3,(H,19,20). The predicted octanol–water partition coefficient (Wildman–Crippen LogP) is 3.23. The van der Waals surface area contributed by atoms with Crippen molar-refractivity contribution < 1.29 is 4.79 Å². The Balaban J connectivity index is 2.17. The van der Waals surface area contributed by atoms with E-state index < -0.39 is 0 Å². The van der Waals surface area contributed by atoms with Gasteiger partial charge in [-0.2, -0.15) is 0 Å². The average molecular weight is 269 g/mol. The normalized spacial score (nSPS) is 10.6. The highest BCUT2D eigenvalue weighted by atomic mass is 16.1. The Bertz CT molecular complexity index is 618. The van der Waals surface area contributed by atoms with Crippen LogP contribution in [0.3, 0.4) is 0 Å². The lowest BCUT2D eigenvalue weighted by atomic mass is 10.0. The number of amides is 1. The SMILES string of the molecule is CC(C)c1ccc(NC(=O)c2ccc(N)cc2)c(N)c1. The second-order valence-corrected chi connectivity index (χ2v) is 5.08. The van der Waals surface area contributed by atoms with Crippen LogP contribution in [0.2, 0.25) is 0 Å². The van der Waals surface area contributed by atoms with Crippen LogP contribution >= 0.6 is 0 Å². The van der Waals surface area contributed by atoms with Crippen LogP contribution in [0.4, 0.5) is 17.1 Å². The van der Waals surface area contributed by atoms with Gasteiger partial charge < -0.3 is 16.8 Å². The Labute approximate surface area is 118 Å². The van der Waals surface area contributed by atoms with E-state index >= 15 is 0 Å². The summed E-state index contributed by atoms with van der Waals surface area (Å²) in [5.74, 6) is 0.202. The zero-order chi connectivity index (χ0) is 14.7. The zero-order valence-corrected chi connectivity index (χ0v) is 11.7. The molecule has 104 valence electrons. The Morgan fingerprint density at radius 2 is 1.70 bits per heavy atom. The summed E-state index contributed by atoms with van der Waals surface area (Å²) in [5.41, 5.74) is 15.1. The average Bonchev–Trinajstić information content (AvgIpc) is 2.41. The summed E-state index contributed by atoms with van der Waals surface area (Å²) in [6.45, 7) is 4.20. The second-order valence-electron chi connectivity index (χ2n) is 5.08. The van der Waals surface area contributed by atoms with Crippen LogP contribution < -0.4 is 16.8 Å². The van der Waals surface area contributed by atoms with Crippen molar-refractivity contribution in [1.29, 1.82) is 0 Å². The number of anilines is 3. The third-order valence-corrected chi connectivity index (χ3v) is 3.16. The van der Waals surface area contributed by atoms with Gasteiger partial charge in [-0.15, -0.1) is 0 Å². The van der Waals surface area contributed by atoms with Crippen molar-refractivity contribution in [2.24, 2.45) is 0 Å². The second kappa shape index (κ2) is 5.65. The van der Waals surface area contributed by atoms with E-state index in [2.05, 4.69) is 19.2 Å². The molecule has 20 heavy (non-hydrogen) atoms. The number of nitrogens with two attached hydrogens (primary N) is 2. The van der Waals surface area contributed by atoms with Gasteiger partial charge in [-0.1, -0.05) is 19.9 Å². The molecule has 0 saturated heterocycles.